The molecular formula is C22H30Cl2N2O. The van der Waals surface area contributed by atoms with Crippen LogP contribution in [0.15, 0.2) is 42.5 Å². The number of ether oxygens (including phenoxy) is 1. The number of nitrogens with zero attached hydrogens (tertiary/aromatic N) is 1. The Morgan fingerprint density at radius 1 is 1.00 bits per heavy atom. The topological polar surface area (TPSA) is 24.5 Å². The molecule has 0 bridgehead atoms. The van der Waals surface area contributed by atoms with E-state index in [0.717, 1.165) is 32.6 Å². The number of hydrogen-bond donors (Lipinski definition) is 1. The number of benzene rings is 2. The fourth-order valence-electron chi connectivity index (χ4n) is 4.44. The zero-order chi connectivity index (χ0) is 17.2. The minimum Gasteiger partial charge on any atom is -0.371 e. The summed E-state index contributed by atoms with van der Waals surface area (Å²) in [6.45, 7) is 9.36. The Balaban J connectivity index is 0.00000131. The molecule has 4 rings (SSSR count). The van der Waals surface area contributed by atoms with Gasteiger partial charge in [-0.25, -0.2) is 0 Å². The predicted molar refractivity (Wildman–Crippen MR) is 116 cm³/mol. The van der Waals surface area contributed by atoms with E-state index in [1.165, 1.54) is 27.8 Å². The Morgan fingerprint density at radius 2 is 1.67 bits per heavy atom. The second-order valence-electron chi connectivity index (χ2n) is 7.48. The van der Waals surface area contributed by atoms with E-state index in [9.17, 15) is 0 Å². The van der Waals surface area contributed by atoms with Crippen molar-refractivity contribution in [1.82, 2.24) is 10.2 Å². The summed E-state index contributed by atoms with van der Waals surface area (Å²) in [6, 6.07) is 16.0. The molecule has 1 N–H and O–H groups in total. The average molecular weight is 409 g/mol. The Hall–Kier alpha value is -1.10. The van der Waals surface area contributed by atoms with Gasteiger partial charge in [-0.2, -0.15) is 0 Å². The second kappa shape index (κ2) is 9.90. The molecule has 2 aromatic carbocycles. The van der Waals surface area contributed by atoms with Crippen LogP contribution in [0.2, 0.25) is 0 Å². The van der Waals surface area contributed by atoms with Crippen LogP contribution in [0.4, 0.5) is 0 Å². The van der Waals surface area contributed by atoms with E-state index in [4.69, 9.17) is 4.74 Å². The summed E-state index contributed by atoms with van der Waals surface area (Å²) in [5, 5.41) is 3.46. The molecule has 1 aliphatic heterocycles. The van der Waals surface area contributed by atoms with Crippen molar-refractivity contribution >= 4 is 24.8 Å². The molecule has 0 radical (unpaired) electrons. The highest BCUT2D eigenvalue weighted by atomic mass is 35.5. The van der Waals surface area contributed by atoms with Gasteiger partial charge in [-0.1, -0.05) is 53.6 Å². The third-order valence-electron chi connectivity index (χ3n) is 5.44. The standard InChI is InChI=1S/C22H28N2O.2ClH/c1-16-11-17(2)13-18(12-16)15-25-21-14-19-5-3-4-6-20(19)22(21)24-9-7-23-8-10-24;;/h3-6,11-13,21-23H,7-10,14-15H2,1-2H3;2*1H/t21-,22+;;/m1../s1. The van der Waals surface area contributed by atoms with Crippen molar-refractivity contribution in [1.29, 1.82) is 0 Å². The van der Waals surface area contributed by atoms with Gasteiger partial charge in [0.15, 0.2) is 0 Å². The number of hydrogen-bond acceptors (Lipinski definition) is 3. The van der Waals surface area contributed by atoms with Crippen molar-refractivity contribution in [2.45, 2.75) is 39.0 Å². The molecule has 0 spiro atoms. The van der Waals surface area contributed by atoms with E-state index in [1.807, 2.05) is 0 Å². The highest BCUT2D eigenvalue weighted by Gasteiger charge is 2.37. The van der Waals surface area contributed by atoms with E-state index < -0.39 is 0 Å². The summed E-state index contributed by atoms with van der Waals surface area (Å²) in [4.78, 5) is 2.61. The largest absolute Gasteiger partial charge is 0.371 e. The average Bonchev–Trinajstić information content (AvgIpc) is 2.98. The Labute approximate surface area is 175 Å². The van der Waals surface area contributed by atoms with Gasteiger partial charge in [0.25, 0.3) is 0 Å². The van der Waals surface area contributed by atoms with Crippen LogP contribution >= 0.6 is 24.8 Å². The molecular weight excluding hydrogens is 379 g/mol. The van der Waals surface area contributed by atoms with Gasteiger partial charge in [-0.3, -0.25) is 4.90 Å². The van der Waals surface area contributed by atoms with Crippen LogP contribution in [0.25, 0.3) is 0 Å². The maximum absolute atomic E-state index is 6.49. The smallest absolute Gasteiger partial charge is 0.0816 e. The molecule has 27 heavy (non-hydrogen) atoms. The molecule has 5 heteroatoms. The van der Waals surface area contributed by atoms with Crippen molar-refractivity contribution in [2.24, 2.45) is 0 Å². The monoisotopic (exact) mass is 408 g/mol. The summed E-state index contributed by atoms with van der Waals surface area (Å²) in [5.41, 5.74) is 6.83. The molecule has 1 fully saturated rings. The lowest BCUT2D eigenvalue weighted by Gasteiger charge is -2.36. The molecule has 0 unspecified atom stereocenters. The van der Waals surface area contributed by atoms with E-state index in [2.05, 4.69) is 66.5 Å². The van der Waals surface area contributed by atoms with Crippen molar-refractivity contribution in [3.05, 3.63) is 70.3 Å². The lowest BCUT2D eigenvalue weighted by Crippen LogP contribution is -2.47. The normalized spacial score (nSPS) is 21.9. The highest BCUT2D eigenvalue weighted by molar-refractivity contribution is 5.85. The Kier molecular flexibility index (Phi) is 8.14. The highest BCUT2D eigenvalue weighted by Crippen LogP contribution is 2.38. The predicted octanol–water partition coefficient (Wildman–Crippen LogP) is 4.23. The zero-order valence-corrected chi connectivity index (χ0v) is 17.7. The van der Waals surface area contributed by atoms with Gasteiger partial charge in [0.05, 0.1) is 18.8 Å². The molecule has 1 aliphatic carbocycles. The first-order chi connectivity index (χ1) is 12.2. The number of piperazine rings is 1. The number of halogens is 2. The van der Waals surface area contributed by atoms with Crippen molar-refractivity contribution in [2.75, 3.05) is 26.2 Å². The van der Waals surface area contributed by atoms with Crippen LogP contribution in [0.5, 0.6) is 0 Å². The van der Waals surface area contributed by atoms with Gasteiger partial charge < -0.3 is 10.1 Å². The van der Waals surface area contributed by atoms with E-state index >= 15 is 0 Å². The van der Waals surface area contributed by atoms with Gasteiger partial charge in [0.1, 0.15) is 0 Å². The maximum Gasteiger partial charge on any atom is 0.0816 e. The Bertz CT molecular complexity index is 727. The van der Waals surface area contributed by atoms with Crippen LogP contribution in [0.1, 0.15) is 33.9 Å². The molecule has 0 aromatic heterocycles. The lowest BCUT2D eigenvalue weighted by molar-refractivity contribution is -0.0188. The first-order valence-electron chi connectivity index (χ1n) is 9.42. The fraction of sp³-hybridized carbons (Fsp3) is 0.455. The molecule has 0 saturated carbocycles. The van der Waals surface area contributed by atoms with Crippen LogP contribution in [0, 0.1) is 13.8 Å². The third kappa shape index (κ3) is 5.04. The minimum atomic E-state index is 0. The summed E-state index contributed by atoms with van der Waals surface area (Å²) in [7, 11) is 0. The SMILES string of the molecule is Cc1cc(C)cc(CO[C@@H]2Cc3ccccc3[C@@H]2N2CCNCC2)c1.Cl.Cl. The van der Waals surface area contributed by atoms with Crippen molar-refractivity contribution in [3.8, 4) is 0 Å². The van der Waals surface area contributed by atoms with Crippen LogP contribution in [0.3, 0.4) is 0 Å². The molecule has 2 aromatic rings. The van der Waals surface area contributed by atoms with Gasteiger partial charge in [0.2, 0.25) is 0 Å². The molecule has 1 saturated heterocycles. The first kappa shape index (κ1) is 22.2. The van der Waals surface area contributed by atoms with E-state index in [1.54, 1.807) is 0 Å². The fourth-order valence-corrected chi connectivity index (χ4v) is 4.44. The first-order valence-corrected chi connectivity index (χ1v) is 9.42. The molecule has 2 atom stereocenters. The summed E-state index contributed by atoms with van der Waals surface area (Å²) >= 11 is 0. The van der Waals surface area contributed by atoms with E-state index in [0.29, 0.717) is 12.6 Å². The summed E-state index contributed by atoms with van der Waals surface area (Å²) in [6.07, 6.45) is 1.27. The number of aryl methyl sites for hydroxylation is 2. The number of fused-ring (bicyclic) bond motifs is 1. The molecule has 2 aliphatic rings. The van der Waals surface area contributed by atoms with Crippen molar-refractivity contribution < 1.29 is 4.74 Å². The summed E-state index contributed by atoms with van der Waals surface area (Å²) < 4.78 is 6.49. The lowest BCUT2D eigenvalue weighted by atomic mass is 10.1. The van der Waals surface area contributed by atoms with Gasteiger partial charge in [-0.05, 0) is 30.5 Å². The van der Waals surface area contributed by atoms with Gasteiger partial charge >= 0.3 is 0 Å². The number of nitrogens with one attached hydrogen (secondary N) is 1. The van der Waals surface area contributed by atoms with Gasteiger partial charge in [0, 0.05) is 32.6 Å². The van der Waals surface area contributed by atoms with E-state index in [-0.39, 0.29) is 30.9 Å². The molecule has 1 heterocycles. The minimum absolute atomic E-state index is 0. The van der Waals surface area contributed by atoms with Crippen LogP contribution in [-0.4, -0.2) is 37.2 Å². The number of rotatable bonds is 4. The summed E-state index contributed by atoms with van der Waals surface area (Å²) in [5.74, 6) is 0. The second-order valence-corrected chi connectivity index (χ2v) is 7.48. The molecule has 3 nitrogen and oxygen atoms in total. The zero-order valence-electron chi connectivity index (χ0n) is 16.1. The molecule has 148 valence electrons. The van der Waals surface area contributed by atoms with Crippen LogP contribution in [-0.2, 0) is 17.8 Å². The maximum atomic E-state index is 6.49. The van der Waals surface area contributed by atoms with Crippen LogP contribution < -0.4 is 5.32 Å². The third-order valence-corrected chi connectivity index (χ3v) is 5.44. The Morgan fingerprint density at radius 3 is 2.37 bits per heavy atom. The van der Waals surface area contributed by atoms with Crippen molar-refractivity contribution in [3.63, 3.8) is 0 Å². The molecule has 0 amide bonds. The van der Waals surface area contributed by atoms with Gasteiger partial charge in [-0.15, -0.1) is 24.8 Å². The quantitative estimate of drug-likeness (QED) is 0.818.